The Hall–Kier alpha value is -1.20. The van der Waals surface area contributed by atoms with Crippen molar-refractivity contribution in [1.82, 2.24) is 15.1 Å². The smallest absolute Gasteiger partial charge is 0.123 e. The van der Waals surface area contributed by atoms with Gasteiger partial charge in [-0.05, 0) is 53.0 Å². The first-order valence-electron chi connectivity index (χ1n) is 6.77. The standard InChI is InChI=1S/C15H19BrFN3/c1-3-13-15(16)14(20(2)19-13)10-18-9-8-11-4-6-12(17)7-5-11/h4-7,18H,3,8-10H2,1-2H3. The monoisotopic (exact) mass is 339 g/mol. The zero-order valence-corrected chi connectivity index (χ0v) is 13.4. The number of aromatic nitrogens is 2. The molecule has 0 saturated carbocycles. The highest BCUT2D eigenvalue weighted by atomic mass is 79.9. The third-order valence-corrected chi connectivity index (χ3v) is 4.21. The fraction of sp³-hybridized carbons (Fsp3) is 0.400. The molecule has 1 aromatic heterocycles. The summed E-state index contributed by atoms with van der Waals surface area (Å²) in [5.41, 5.74) is 3.38. The van der Waals surface area contributed by atoms with E-state index in [1.807, 2.05) is 23.9 Å². The summed E-state index contributed by atoms with van der Waals surface area (Å²) in [5, 5.41) is 7.86. The van der Waals surface area contributed by atoms with Crippen LogP contribution in [0, 0.1) is 5.82 Å². The van der Waals surface area contributed by atoms with Crippen LogP contribution in [0.4, 0.5) is 4.39 Å². The van der Waals surface area contributed by atoms with Crippen molar-refractivity contribution in [2.24, 2.45) is 7.05 Å². The van der Waals surface area contributed by atoms with E-state index in [0.29, 0.717) is 0 Å². The van der Waals surface area contributed by atoms with Crippen LogP contribution in [0.1, 0.15) is 23.9 Å². The Morgan fingerprint density at radius 3 is 2.60 bits per heavy atom. The van der Waals surface area contributed by atoms with Gasteiger partial charge in [-0.1, -0.05) is 19.1 Å². The van der Waals surface area contributed by atoms with Crippen molar-refractivity contribution >= 4 is 15.9 Å². The molecule has 0 spiro atoms. The van der Waals surface area contributed by atoms with Crippen LogP contribution >= 0.6 is 15.9 Å². The molecule has 0 aliphatic carbocycles. The molecule has 0 amide bonds. The second-order valence-corrected chi connectivity index (χ2v) is 5.53. The van der Waals surface area contributed by atoms with Crippen molar-refractivity contribution in [2.75, 3.05) is 6.54 Å². The van der Waals surface area contributed by atoms with E-state index in [4.69, 9.17) is 0 Å². The van der Waals surface area contributed by atoms with Crippen LogP contribution in [0.3, 0.4) is 0 Å². The average molecular weight is 340 g/mol. The van der Waals surface area contributed by atoms with Crippen LogP contribution in [-0.2, 0) is 26.4 Å². The van der Waals surface area contributed by atoms with Gasteiger partial charge in [0.2, 0.25) is 0 Å². The average Bonchev–Trinajstić information content (AvgIpc) is 2.72. The van der Waals surface area contributed by atoms with Gasteiger partial charge in [-0.15, -0.1) is 0 Å². The molecule has 2 rings (SSSR count). The van der Waals surface area contributed by atoms with Crippen molar-refractivity contribution in [3.05, 3.63) is 51.5 Å². The second-order valence-electron chi connectivity index (χ2n) is 4.74. The molecule has 0 fully saturated rings. The molecule has 3 nitrogen and oxygen atoms in total. The summed E-state index contributed by atoms with van der Waals surface area (Å²) in [5.74, 6) is -0.187. The highest BCUT2D eigenvalue weighted by Gasteiger charge is 2.11. The van der Waals surface area contributed by atoms with Gasteiger partial charge in [-0.25, -0.2) is 4.39 Å². The number of hydrogen-bond donors (Lipinski definition) is 1. The van der Waals surface area contributed by atoms with Crippen LogP contribution in [-0.4, -0.2) is 16.3 Å². The first-order chi connectivity index (χ1) is 9.61. The lowest BCUT2D eigenvalue weighted by atomic mass is 10.1. The van der Waals surface area contributed by atoms with E-state index in [0.717, 1.165) is 47.4 Å². The van der Waals surface area contributed by atoms with Crippen LogP contribution in [0.15, 0.2) is 28.7 Å². The predicted octanol–water partition coefficient (Wildman–Crippen LogP) is 3.22. The Bertz CT molecular complexity index is 563. The molecule has 5 heteroatoms. The fourth-order valence-electron chi connectivity index (χ4n) is 2.10. The Balaban J connectivity index is 1.84. The minimum absolute atomic E-state index is 0.187. The van der Waals surface area contributed by atoms with E-state index in [1.165, 1.54) is 12.1 Å². The molecule has 0 unspecified atom stereocenters. The second kappa shape index (κ2) is 6.99. The Kier molecular flexibility index (Phi) is 5.31. The van der Waals surface area contributed by atoms with Crippen LogP contribution in [0.2, 0.25) is 0 Å². The number of benzene rings is 1. The number of halogens is 2. The van der Waals surface area contributed by atoms with Gasteiger partial charge in [-0.2, -0.15) is 5.10 Å². The van der Waals surface area contributed by atoms with Gasteiger partial charge in [0.25, 0.3) is 0 Å². The van der Waals surface area contributed by atoms with Gasteiger partial charge in [0.1, 0.15) is 5.82 Å². The van der Waals surface area contributed by atoms with E-state index in [9.17, 15) is 4.39 Å². The van der Waals surface area contributed by atoms with Gasteiger partial charge < -0.3 is 5.32 Å². The molecule has 0 aliphatic heterocycles. The maximum Gasteiger partial charge on any atom is 0.123 e. The van der Waals surface area contributed by atoms with Crippen LogP contribution in [0.5, 0.6) is 0 Å². The zero-order chi connectivity index (χ0) is 14.5. The molecular weight excluding hydrogens is 321 g/mol. The van der Waals surface area contributed by atoms with Crippen molar-refractivity contribution in [3.63, 3.8) is 0 Å². The number of nitrogens with one attached hydrogen (secondary N) is 1. The minimum atomic E-state index is -0.187. The first-order valence-corrected chi connectivity index (χ1v) is 7.56. The molecule has 0 radical (unpaired) electrons. The fourth-order valence-corrected chi connectivity index (χ4v) is 2.86. The van der Waals surface area contributed by atoms with Gasteiger partial charge in [-0.3, -0.25) is 4.68 Å². The molecule has 0 bridgehead atoms. The number of nitrogens with zero attached hydrogens (tertiary/aromatic N) is 2. The summed E-state index contributed by atoms with van der Waals surface area (Å²) in [4.78, 5) is 0. The molecule has 1 aromatic carbocycles. The largest absolute Gasteiger partial charge is 0.311 e. The Morgan fingerprint density at radius 2 is 2.00 bits per heavy atom. The quantitative estimate of drug-likeness (QED) is 0.819. The van der Waals surface area contributed by atoms with Gasteiger partial charge >= 0.3 is 0 Å². The SMILES string of the molecule is CCc1nn(C)c(CNCCc2ccc(F)cc2)c1Br. The van der Waals surface area contributed by atoms with E-state index in [2.05, 4.69) is 33.3 Å². The van der Waals surface area contributed by atoms with Crippen molar-refractivity contribution in [2.45, 2.75) is 26.3 Å². The molecule has 1 N–H and O–H groups in total. The molecule has 1 heterocycles. The van der Waals surface area contributed by atoms with Gasteiger partial charge in [0, 0.05) is 13.6 Å². The molecule has 0 aliphatic rings. The molecule has 20 heavy (non-hydrogen) atoms. The number of rotatable bonds is 6. The van der Waals surface area contributed by atoms with Crippen molar-refractivity contribution in [1.29, 1.82) is 0 Å². The molecule has 2 aromatic rings. The lowest BCUT2D eigenvalue weighted by Crippen LogP contribution is -2.18. The summed E-state index contributed by atoms with van der Waals surface area (Å²) in [6.07, 6.45) is 1.81. The summed E-state index contributed by atoms with van der Waals surface area (Å²) < 4.78 is 15.8. The summed E-state index contributed by atoms with van der Waals surface area (Å²) in [7, 11) is 1.96. The summed E-state index contributed by atoms with van der Waals surface area (Å²) >= 11 is 3.60. The predicted molar refractivity (Wildman–Crippen MR) is 82.1 cm³/mol. The maximum absolute atomic E-state index is 12.8. The normalized spacial score (nSPS) is 11.0. The number of hydrogen-bond acceptors (Lipinski definition) is 2. The van der Waals surface area contributed by atoms with Crippen LogP contribution in [0.25, 0.3) is 0 Å². The third-order valence-electron chi connectivity index (χ3n) is 3.30. The minimum Gasteiger partial charge on any atom is -0.311 e. The lowest BCUT2D eigenvalue weighted by molar-refractivity contribution is 0.617. The molecule has 0 saturated heterocycles. The van der Waals surface area contributed by atoms with E-state index < -0.39 is 0 Å². The first kappa shape index (κ1) is 15.2. The highest BCUT2D eigenvalue weighted by Crippen LogP contribution is 2.21. The van der Waals surface area contributed by atoms with Gasteiger partial charge in [0.05, 0.1) is 15.9 Å². The van der Waals surface area contributed by atoms with Crippen LogP contribution < -0.4 is 5.32 Å². The lowest BCUT2D eigenvalue weighted by Gasteiger charge is -2.06. The van der Waals surface area contributed by atoms with Crippen molar-refractivity contribution < 1.29 is 4.39 Å². The Labute approximate surface area is 127 Å². The number of aryl methyl sites for hydroxylation is 2. The highest BCUT2D eigenvalue weighted by molar-refractivity contribution is 9.10. The summed E-state index contributed by atoms with van der Waals surface area (Å²) in [6.45, 7) is 3.72. The topological polar surface area (TPSA) is 29.9 Å². The zero-order valence-electron chi connectivity index (χ0n) is 11.8. The van der Waals surface area contributed by atoms with Crippen molar-refractivity contribution in [3.8, 4) is 0 Å². The van der Waals surface area contributed by atoms with E-state index in [1.54, 1.807) is 0 Å². The molecular formula is C15H19BrFN3. The molecule has 108 valence electrons. The van der Waals surface area contributed by atoms with E-state index in [-0.39, 0.29) is 5.82 Å². The summed E-state index contributed by atoms with van der Waals surface area (Å²) in [6, 6.07) is 6.65. The van der Waals surface area contributed by atoms with E-state index >= 15 is 0 Å². The third kappa shape index (κ3) is 3.67. The Morgan fingerprint density at radius 1 is 1.30 bits per heavy atom. The van der Waals surface area contributed by atoms with Gasteiger partial charge in [0.15, 0.2) is 0 Å². The maximum atomic E-state index is 12.8. The molecule has 0 atom stereocenters.